The summed E-state index contributed by atoms with van der Waals surface area (Å²) in [6.07, 6.45) is 9.01. The summed E-state index contributed by atoms with van der Waals surface area (Å²) in [6, 6.07) is 13.2. The molecular formula is C23H30O. The third-order valence-corrected chi connectivity index (χ3v) is 5.45. The van der Waals surface area contributed by atoms with Crippen molar-refractivity contribution in [2.45, 2.75) is 52.9 Å². The highest BCUT2D eigenvalue weighted by Gasteiger charge is 2.17. The second-order valence-corrected chi connectivity index (χ2v) is 7.28. The maximum Gasteiger partial charge on any atom is 0.119 e. The first-order valence-corrected chi connectivity index (χ1v) is 9.55. The molecule has 2 atom stereocenters. The van der Waals surface area contributed by atoms with E-state index in [9.17, 15) is 0 Å². The van der Waals surface area contributed by atoms with Gasteiger partial charge in [-0.05, 0) is 84.6 Å². The molecular weight excluding hydrogens is 292 g/mol. The van der Waals surface area contributed by atoms with E-state index in [0.717, 1.165) is 17.6 Å². The first-order valence-electron chi connectivity index (χ1n) is 9.55. The van der Waals surface area contributed by atoms with Gasteiger partial charge in [0.2, 0.25) is 0 Å². The molecule has 0 saturated heterocycles. The Hall–Kier alpha value is -1.76. The van der Waals surface area contributed by atoms with Crippen molar-refractivity contribution in [1.29, 1.82) is 0 Å². The average Bonchev–Trinajstić information content (AvgIpc) is 2.62. The van der Waals surface area contributed by atoms with E-state index in [1.165, 1.54) is 54.0 Å². The SMILES string of the molecule is CCOc1ccc2cc(C3=CCC(CC(C)CC)CC3)ccc2c1. The van der Waals surface area contributed by atoms with Crippen molar-refractivity contribution in [3.63, 3.8) is 0 Å². The highest BCUT2D eigenvalue weighted by Crippen LogP contribution is 2.35. The quantitative estimate of drug-likeness (QED) is 0.564. The second kappa shape index (κ2) is 7.88. The van der Waals surface area contributed by atoms with Crippen LogP contribution in [0.5, 0.6) is 5.75 Å². The molecule has 0 heterocycles. The number of allylic oxidation sites excluding steroid dienone is 2. The number of fused-ring (bicyclic) bond motifs is 1. The van der Waals surface area contributed by atoms with Crippen molar-refractivity contribution in [1.82, 2.24) is 0 Å². The summed E-state index contributed by atoms with van der Waals surface area (Å²) in [4.78, 5) is 0. The summed E-state index contributed by atoms with van der Waals surface area (Å²) < 4.78 is 5.60. The van der Waals surface area contributed by atoms with Crippen LogP contribution in [0.15, 0.2) is 42.5 Å². The van der Waals surface area contributed by atoms with Gasteiger partial charge in [0, 0.05) is 0 Å². The normalized spacial score (nSPS) is 19.1. The fraction of sp³-hybridized carbons (Fsp3) is 0.478. The van der Waals surface area contributed by atoms with Gasteiger partial charge >= 0.3 is 0 Å². The Bertz CT molecular complexity index is 713. The van der Waals surface area contributed by atoms with E-state index in [2.05, 4.69) is 56.3 Å². The Morgan fingerprint density at radius 1 is 1.08 bits per heavy atom. The minimum absolute atomic E-state index is 0.717. The molecule has 0 spiro atoms. The highest BCUT2D eigenvalue weighted by molar-refractivity contribution is 5.87. The summed E-state index contributed by atoms with van der Waals surface area (Å²) in [5.41, 5.74) is 2.93. The molecule has 0 bridgehead atoms. The lowest BCUT2D eigenvalue weighted by atomic mass is 9.81. The Morgan fingerprint density at radius 2 is 1.88 bits per heavy atom. The van der Waals surface area contributed by atoms with Crippen molar-refractivity contribution in [2.75, 3.05) is 6.61 Å². The number of hydrogen-bond donors (Lipinski definition) is 0. The molecule has 2 aromatic rings. The molecule has 0 radical (unpaired) electrons. The molecule has 128 valence electrons. The predicted octanol–water partition coefficient (Wildman–Crippen LogP) is 6.86. The van der Waals surface area contributed by atoms with E-state index in [4.69, 9.17) is 4.74 Å². The number of benzene rings is 2. The molecule has 1 aliphatic rings. The zero-order chi connectivity index (χ0) is 16.9. The largest absolute Gasteiger partial charge is 0.494 e. The van der Waals surface area contributed by atoms with E-state index in [0.29, 0.717) is 6.61 Å². The van der Waals surface area contributed by atoms with Crippen molar-refractivity contribution in [2.24, 2.45) is 11.8 Å². The van der Waals surface area contributed by atoms with Crippen molar-refractivity contribution < 1.29 is 4.74 Å². The van der Waals surface area contributed by atoms with E-state index < -0.39 is 0 Å². The van der Waals surface area contributed by atoms with Crippen LogP contribution in [0, 0.1) is 11.8 Å². The zero-order valence-electron chi connectivity index (χ0n) is 15.3. The van der Waals surface area contributed by atoms with Crippen molar-refractivity contribution in [3.8, 4) is 5.75 Å². The van der Waals surface area contributed by atoms with Crippen LogP contribution in [-0.4, -0.2) is 6.61 Å². The first-order chi connectivity index (χ1) is 11.7. The van der Waals surface area contributed by atoms with Gasteiger partial charge in [0.25, 0.3) is 0 Å². The lowest BCUT2D eigenvalue weighted by Crippen LogP contribution is -2.09. The van der Waals surface area contributed by atoms with E-state index in [-0.39, 0.29) is 0 Å². The van der Waals surface area contributed by atoms with Crippen LogP contribution in [0.3, 0.4) is 0 Å². The fourth-order valence-electron chi connectivity index (χ4n) is 3.78. The molecule has 3 rings (SSSR count). The maximum atomic E-state index is 5.60. The van der Waals surface area contributed by atoms with Gasteiger partial charge in [0.05, 0.1) is 6.61 Å². The standard InChI is InChI=1S/C23H30O/c1-4-17(3)14-18-6-8-19(9-7-18)20-10-11-22-16-23(24-5-2)13-12-21(22)15-20/h8,10-13,15-18H,4-7,9,14H2,1-3H3. The van der Waals surface area contributed by atoms with E-state index in [1.807, 2.05) is 6.92 Å². The third kappa shape index (κ3) is 4.01. The van der Waals surface area contributed by atoms with E-state index >= 15 is 0 Å². The van der Waals surface area contributed by atoms with Crippen LogP contribution >= 0.6 is 0 Å². The minimum Gasteiger partial charge on any atom is -0.494 e. The van der Waals surface area contributed by atoms with Gasteiger partial charge in [0.15, 0.2) is 0 Å². The van der Waals surface area contributed by atoms with Crippen LogP contribution in [0.1, 0.15) is 58.4 Å². The number of hydrogen-bond acceptors (Lipinski definition) is 1. The van der Waals surface area contributed by atoms with Crippen LogP contribution in [0.4, 0.5) is 0 Å². The summed E-state index contributed by atoms with van der Waals surface area (Å²) in [5.74, 6) is 2.71. The van der Waals surface area contributed by atoms with Gasteiger partial charge in [-0.25, -0.2) is 0 Å². The van der Waals surface area contributed by atoms with E-state index in [1.54, 1.807) is 0 Å². The average molecular weight is 322 g/mol. The highest BCUT2D eigenvalue weighted by atomic mass is 16.5. The third-order valence-electron chi connectivity index (χ3n) is 5.45. The molecule has 0 aliphatic heterocycles. The Morgan fingerprint density at radius 3 is 2.58 bits per heavy atom. The number of rotatable bonds is 6. The fourth-order valence-corrected chi connectivity index (χ4v) is 3.78. The lowest BCUT2D eigenvalue weighted by Gasteiger charge is -2.24. The molecule has 1 nitrogen and oxygen atoms in total. The molecule has 0 saturated carbocycles. The predicted molar refractivity (Wildman–Crippen MR) is 105 cm³/mol. The maximum absolute atomic E-state index is 5.60. The molecule has 0 amide bonds. The van der Waals surface area contributed by atoms with Crippen LogP contribution in [0.2, 0.25) is 0 Å². The van der Waals surface area contributed by atoms with Crippen LogP contribution in [-0.2, 0) is 0 Å². The van der Waals surface area contributed by atoms with Crippen molar-refractivity contribution >= 4 is 16.3 Å². The second-order valence-electron chi connectivity index (χ2n) is 7.28. The lowest BCUT2D eigenvalue weighted by molar-refractivity contribution is 0.341. The number of ether oxygens (including phenoxy) is 1. The molecule has 24 heavy (non-hydrogen) atoms. The van der Waals surface area contributed by atoms with Crippen molar-refractivity contribution in [3.05, 3.63) is 48.0 Å². The molecule has 1 aliphatic carbocycles. The minimum atomic E-state index is 0.717. The Kier molecular flexibility index (Phi) is 5.60. The zero-order valence-corrected chi connectivity index (χ0v) is 15.3. The van der Waals surface area contributed by atoms with Crippen LogP contribution < -0.4 is 4.74 Å². The molecule has 2 unspecified atom stereocenters. The topological polar surface area (TPSA) is 9.23 Å². The molecule has 2 aromatic carbocycles. The van der Waals surface area contributed by atoms with Gasteiger partial charge < -0.3 is 4.74 Å². The first kappa shape index (κ1) is 17.1. The smallest absolute Gasteiger partial charge is 0.119 e. The summed E-state index contributed by atoms with van der Waals surface area (Å²) in [7, 11) is 0. The molecule has 0 aromatic heterocycles. The van der Waals surface area contributed by atoms with Gasteiger partial charge in [-0.2, -0.15) is 0 Å². The van der Waals surface area contributed by atoms with Gasteiger partial charge in [0.1, 0.15) is 5.75 Å². The molecule has 0 N–H and O–H groups in total. The summed E-state index contributed by atoms with van der Waals surface area (Å²) in [6.45, 7) is 7.44. The molecule has 0 fully saturated rings. The van der Waals surface area contributed by atoms with Gasteiger partial charge in [-0.3, -0.25) is 0 Å². The van der Waals surface area contributed by atoms with Gasteiger partial charge in [-0.15, -0.1) is 0 Å². The Labute approximate surface area is 146 Å². The van der Waals surface area contributed by atoms with Crippen LogP contribution in [0.25, 0.3) is 16.3 Å². The van der Waals surface area contributed by atoms with Gasteiger partial charge in [-0.1, -0.05) is 44.5 Å². The molecule has 1 heteroatoms. The Balaban J connectivity index is 1.74. The summed E-state index contributed by atoms with van der Waals surface area (Å²) >= 11 is 0. The summed E-state index contributed by atoms with van der Waals surface area (Å²) in [5, 5.41) is 2.56. The monoisotopic (exact) mass is 322 g/mol.